The molecular formula is C15H18N4O2S. The zero-order chi connectivity index (χ0) is 15.4. The van der Waals surface area contributed by atoms with Crippen LogP contribution in [0.2, 0.25) is 0 Å². The molecule has 0 atom stereocenters. The minimum absolute atomic E-state index is 0.251. The maximum absolute atomic E-state index is 12.6. The van der Waals surface area contributed by atoms with Crippen molar-refractivity contribution in [2.75, 3.05) is 31.1 Å². The van der Waals surface area contributed by atoms with E-state index < -0.39 is 10.0 Å². The van der Waals surface area contributed by atoms with Crippen LogP contribution in [0.15, 0.2) is 53.8 Å². The van der Waals surface area contributed by atoms with Crippen molar-refractivity contribution < 1.29 is 8.42 Å². The van der Waals surface area contributed by atoms with Gasteiger partial charge in [0, 0.05) is 44.8 Å². The normalized spacial score (nSPS) is 17.2. The van der Waals surface area contributed by atoms with Crippen LogP contribution in [-0.4, -0.2) is 48.9 Å². The summed E-state index contributed by atoms with van der Waals surface area (Å²) in [5.41, 5.74) is 0. The summed E-state index contributed by atoms with van der Waals surface area (Å²) >= 11 is 0. The molecule has 1 fully saturated rings. The Morgan fingerprint density at radius 1 is 0.955 bits per heavy atom. The molecule has 0 saturated carbocycles. The Kier molecular flexibility index (Phi) is 4.35. The molecule has 1 saturated heterocycles. The van der Waals surface area contributed by atoms with E-state index in [0.717, 1.165) is 18.8 Å². The monoisotopic (exact) mass is 318 g/mol. The number of sulfonamides is 1. The van der Waals surface area contributed by atoms with Crippen molar-refractivity contribution in [3.63, 3.8) is 0 Å². The van der Waals surface area contributed by atoms with Crippen LogP contribution in [0.5, 0.6) is 0 Å². The maximum Gasteiger partial charge on any atom is 0.244 e. The van der Waals surface area contributed by atoms with E-state index in [2.05, 4.69) is 14.9 Å². The number of hydrogen-bond acceptors (Lipinski definition) is 5. The van der Waals surface area contributed by atoms with E-state index in [4.69, 9.17) is 0 Å². The molecule has 2 aromatic rings. The van der Waals surface area contributed by atoms with Crippen LogP contribution in [0.3, 0.4) is 0 Å². The zero-order valence-corrected chi connectivity index (χ0v) is 13.0. The molecule has 2 aromatic heterocycles. The summed E-state index contributed by atoms with van der Waals surface area (Å²) in [5, 5.41) is 0. The second-order valence-electron chi connectivity index (χ2n) is 5.12. The highest BCUT2D eigenvalue weighted by molar-refractivity contribution is 7.89. The highest BCUT2D eigenvalue weighted by atomic mass is 32.2. The molecule has 0 spiro atoms. The first-order valence-corrected chi connectivity index (χ1v) is 8.68. The Balaban J connectivity index is 1.76. The summed E-state index contributed by atoms with van der Waals surface area (Å²) in [4.78, 5) is 10.6. The van der Waals surface area contributed by atoms with Gasteiger partial charge in [-0.05, 0) is 30.7 Å². The first-order chi connectivity index (χ1) is 10.7. The molecule has 0 aliphatic carbocycles. The van der Waals surface area contributed by atoms with Gasteiger partial charge >= 0.3 is 0 Å². The lowest BCUT2D eigenvalue weighted by molar-refractivity contribution is 0.433. The van der Waals surface area contributed by atoms with Gasteiger partial charge in [0.1, 0.15) is 10.7 Å². The van der Waals surface area contributed by atoms with Crippen LogP contribution >= 0.6 is 0 Å². The Hall–Kier alpha value is -1.99. The smallest absolute Gasteiger partial charge is 0.244 e. The standard InChI is InChI=1S/C15H18N4O2S/c20-22(21,14-5-3-7-16-13-14)19-10-4-9-18(11-12-19)15-6-1-2-8-17-15/h1-3,5-8,13H,4,9-12H2. The van der Waals surface area contributed by atoms with Crippen molar-refractivity contribution in [2.45, 2.75) is 11.3 Å². The number of nitrogens with zero attached hydrogens (tertiary/aromatic N) is 4. The Morgan fingerprint density at radius 3 is 2.59 bits per heavy atom. The largest absolute Gasteiger partial charge is 0.355 e. The summed E-state index contributed by atoms with van der Waals surface area (Å²) in [6, 6.07) is 9.00. The Bertz CT molecular complexity index is 707. The maximum atomic E-state index is 12.6. The van der Waals surface area contributed by atoms with Crippen LogP contribution in [-0.2, 0) is 10.0 Å². The van der Waals surface area contributed by atoms with Crippen LogP contribution < -0.4 is 4.90 Å². The quantitative estimate of drug-likeness (QED) is 0.855. The number of pyridine rings is 2. The second kappa shape index (κ2) is 6.41. The summed E-state index contributed by atoms with van der Waals surface area (Å²) in [5.74, 6) is 0.892. The van der Waals surface area contributed by atoms with E-state index >= 15 is 0 Å². The molecule has 3 heterocycles. The van der Waals surface area contributed by atoms with E-state index in [1.54, 1.807) is 24.5 Å². The molecule has 0 radical (unpaired) electrons. The fourth-order valence-corrected chi connectivity index (χ4v) is 3.99. The summed E-state index contributed by atoms with van der Waals surface area (Å²) in [6.45, 7) is 2.40. The lowest BCUT2D eigenvalue weighted by Gasteiger charge is -2.22. The third-order valence-electron chi connectivity index (χ3n) is 3.70. The molecule has 1 aliphatic heterocycles. The van der Waals surface area contributed by atoms with Crippen molar-refractivity contribution in [3.05, 3.63) is 48.9 Å². The third kappa shape index (κ3) is 3.10. The summed E-state index contributed by atoms with van der Waals surface area (Å²) in [6.07, 6.45) is 5.50. The average Bonchev–Trinajstić information content (AvgIpc) is 2.83. The van der Waals surface area contributed by atoms with Gasteiger partial charge in [0.25, 0.3) is 0 Å². The lowest BCUT2D eigenvalue weighted by atomic mass is 10.3. The van der Waals surface area contributed by atoms with Crippen molar-refractivity contribution >= 4 is 15.8 Å². The van der Waals surface area contributed by atoms with Gasteiger partial charge < -0.3 is 4.90 Å². The SMILES string of the molecule is O=S(=O)(c1cccnc1)N1CCCN(c2ccccn2)CC1. The van der Waals surface area contributed by atoms with Crippen LogP contribution in [0.25, 0.3) is 0 Å². The van der Waals surface area contributed by atoms with E-state index in [9.17, 15) is 8.42 Å². The second-order valence-corrected chi connectivity index (χ2v) is 7.06. The van der Waals surface area contributed by atoms with Crippen LogP contribution in [0.1, 0.15) is 6.42 Å². The molecule has 0 unspecified atom stereocenters. The molecule has 0 N–H and O–H groups in total. The van der Waals surface area contributed by atoms with Crippen molar-refractivity contribution in [1.82, 2.24) is 14.3 Å². The molecule has 3 rings (SSSR count). The van der Waals surface area contributed by atoms with Crippen LogP contribution in [0.4, 0.5) is 5.82 Å². The Morgan fingerprint density at radius 2 is 1.86 bits per heavy atom. The lowest BCUT2D eigenvalue weighted by Crippen LogP contribution is -2.35. The fraction of sp³-hybridized carbons (Fsp3) is 0.333. The first kappa shape index (κ1) is 14.9. The number of rotatable bonds is 3. The van der Waals surface area contributed by atoms with Crippen molar-refractivity contribution in [3.8, 4) is 0 Å². The molecule has 0 aromatic carbocycles. The van der Waals surface area contributed by atoms with Gasteiger partial charge in [-0.2, -0.15) is 4.31 Å². The van der Waals surface area contributed by atoms with Gasteiger partial charge in [-0.15, -0.1) is 0 Å². The van der Waals surface area contributed by atoms with Gasteiger partial charge in [-0.25, -0.2) is 13.4 Å². The molecule has 0 bridgehead atoms. The highest BCUT2D eigenvalue weighted by Gasteiger charge is 2.27. The highest BCUT2D eigenvalue weighted by Crippen LogP contribution is 2.18. The molecule has 7 heteroatoms. The van der Waals surface area contributed by atoms with E-state index in [0.29, 0.717) is 19.6 Å². The fourth-order valence-electron chi connectivity index (χ4n) is 2.55. The molecular weight excluding hydrogens is 300 g/mol. The predicted octanol–water partition coefficient (Wildman–Crippen LogP) is 1.38. The number of anilines is 1. The zero-order valence-electron chi connectivity index (χ0n) is 12.2. The molecule has 0 amide bonds. The minimum atomic E-state index is -3.47. The number of aromatic nitrogens is 2. The van der Waals surface area contributed by atoms with E-state index in [1.807, 2.05) is 18.2 Å². The summed E-state index contributed by atoms with van der Waals surface area (Å²) in [7, 11) is -3.47. The Labute approximate surface area is 130 Å². The number of hydrogen-bond donors (Lipinski definition) is 0. The van der Waals surface area contributed by atoms with Gasteiger partial charge in [0.2, 0.25) is 10.0 Å². The predicted molar refractivity (Wildman–Crippen MR) is 84.1 cm³/mol. The average molecular weight is 318 g/mol. The van der Waals surface area contributed by atoms with Gasteiger partial charge in [-0.3, -0.25) is 4.98 Å². The molecule has 22 heavy (non-hydrogen) atoms. The van der Waals surface area contributed by atoms with Crippen molar-refractivity contribution in [2.24, 2.45) is 0 Å². The van der Waals surface area contributed by atoms with Gasteiger partial charge in [0.15, 0.2) is 0 Å². The summed E-state index contributed by atoms with van der Waals surface area (Å²) < 4.78 is 26.8. The van der Waals surface area contributed by atoms with Gasteiger partial charge in [-0.1, -0.05) is 6.07 Å². The van der Waals surface area contributed by atoms with Crippen molar-refractivity contribution in [1.29, 1.82) is 0 Å². The third-order valence-corrected chi connectivity index (χ3v) is 5.58. The van der Waals surface area contributed by atoms with Crippen LogP contribution in [0, 0.1) is 0 Å². The minimum Gasteiger partial charge on any atom is -0.355 e. The molecule has 116 valence electrons. The topological polar surface area (TPSA) is 66.4 Å². The van der Waals surface area contributed by atoms with E-state index in [1.165, 1.54) is 10.5 Å². The van der Waals surface area contributed by atoms with E-state index in [-0.39, 0.29) is 4.90 Å². The molecule has 6 nitrogen and oxygen atoms in total. The van der Waals surface area contributed by atoms with Gasteiger partial charge in [0.05, 0.1) is 0 Å². The first-order valence-electron chi connectivity index (χ1n) is 7.24. The molecule has 1 aliphatic rings.